The summed E-state index contributed by atoms with van der Waals surface area (Å²) < 4.78 is 9.05. The van der Waals surface area contributed by atoms with Gasteiger partial charge in [0.25, 0.3) is 0 Å². The minimum absolute atomic E-state index is 0.0510. The van der Waals surface area contributed by atoms with Crippen molar-refractivity contribution in [2.24, 2.45) is 0 Å². The molecule has 0 saturated heterocycles. The molecule has 0 aliphatic heterocycles. The van der Waals surface area contributed by atoms with E-state index in [0.717, 1.165) is 0 Å². The van der Waals surface area contributed by atoms with Crippen molar-refractivity contribution in [1.82, 2.24) is 10.1 Å². The summed E-state index contributed by atoms with van der Waals surface area (Å²) in [7, 11) is 0. The van der Waals surface area contributed by atoms with Crippen molar-refractivity contribution in [3.8, 4) is 6.01 Å². The highest BCUT2D eigenvalue weighted by Crippen LogP contribution is 2.03. The van der Waals surface area contributed by atoms with Gasteiger partial charge in [-0.3, -0.25) is 0 Å². The summed E-state index contributed by atoms with van der Waals surface area (Å²) in [6.45, 7) is 2.11. The van der Waals surface area contributed by atoms with Gasteiger partial charge in [0.05, 0.1) is 6.61 Å². The first-order chi connectivity index (χ1) is 5.24. The van der Waals surface area contributed by atoms with Gasteiger partial charge in [0.1, 0.15) is 0 Å². The lowest BCUT2D eigenvalue weighted by Crippen LogP contribution is -1.97. The van der Waals surface area contributed by atoms with E-state index in [1.807, 2.05) is 0 Å². The minimum Gasteiger partial charge on any atom is -0.474 e. The van der Waals surface area contributed by atoms with E-state index in [0.29, 0.717) is 6.61 Å². The number of hydrogen-bond acceptors (Lipinski definition) is 5. The van der Waals surface area contributed by atoms with Crippen LogP contribution in [0.15, 0.2) is 4.52 Å². The Morgan fingerprint density at radius 1 is 1.82 bits per heavy atom. The molecular weight excluding hydrogens is 152 g/mol. The van der Waals surface area contributed by atoms with E-state index in [9.17, 15) is 4.79 Å². The van der Waals surface area contributed by atoms with Crippen LogP contribution in [-0.4, -0.2) is 27.8 Å². The Bertz CT molecular complexity index is 257. The van der Waals surface area contributed by atoms with Crippen LogP contribution >= 0.6 is 0 Å². The summed E-state index contributed by atoms with van der Waals surface area (Å²) in [5.74, 6) is -1.73. The smallest absolute Gasteiger partial charge is 0.394 e. The minimum atomic E-state index is -1.26. The monoisotopic (exact) mass is 158 g/mol. The summed E-state index contributed by atoms with van der Waals surface area (Å²) >= 11 is 0. The maximum absolute atomic E-state index is 10.2. The Hall–Kier alpha value is -1.59. The van der Waals surface area contributed by atoms with Crippen LogP contribution in [0.25, 0.3) is 0 Å². The standard InChI is InChI=1S/C5H6N2O4/c1-2-10-5-6-3(4(8)9)11-7-5/h2H2,1H3,(H,8,9). The van der Waals surface area contributed by atoms with E-state index < -0.39 is 11.9 Å². The molecular formula is C5H6N2O4. The van der Waals surface area contributed by atoms with Gasteiger partial charge >= 0.3 is 17.9 Å². The van der Waals surface area contributed by atoms with Gasteiger partial charge in [0.2, 0.25) is 0 Å². The van der Waals surface area contributed by atoms with Crippen LogP contribution in [0, 0.1) is 0 Å². The maximum Gasteiger partial charge on any atom is 0.394 e. The highest BCUT2D eigenvalue weighted by Gasteiger charge is 2.12. The highest BCUT2D eigenvalue weighted by molar-refractivity contribution is 5.81. The third kappa shape index (κ3) is 1.66. The van der Waals surface area contributed by atoms with Gasteiger partial charge in [-0.15, -0.1) is 4.98 Å². The Morgan fingerprint density at radius 3 is 3.00 bits per heavy atom. The molecule has 0 aliphatic carbocycles. The quantitative estimate of drug-likeness (QED) is 0.674. The molecule has 0 aliphatic rings. The van der Waals surface area contributed by atoms with Crippen molar-refractivity contribution in [3.63, 3.8) is 0 Å². The van der Waals surface area contributed by atoms with E-state index in [4.69, 9.17) is 9.84 Å². The van der Waals surface area contributed by atoms with Crippen molar-refractivity contribution < 1.29 is 19.2 Å². The zero-order valence-electron chi connectivity index (χ0n) is 5.77. The lowest BCUT2D eigenvalue weighted by molar-refractivity contribution is 0.0643. The van der Waals surface area contributed by atoms with Crippen LogP contribution in [0.4, 0.5) is 0 Å². The summed E-state index contributed by atoms with van der Waals surface area (Å²) in [4.78, 5) is 13.6. The number of aromatic nitrogens is 2. The van der Waals surface area contributed by atoms with Crippen molar-refractivity contribution >= 4 is 5.97 Å². The first-order valence-electron chi connectivity index (χ1n) is 2.94. The molecule has 0 spiro atoms. The molecule has 1 N–H and O–H groups in total. The van der Waals surface area contributed by atoms with Crippen LogP contribution in [0.5, 0.6) is 6.01 Å². The molecule has 60 valence electrons. The van der Waals surface area contributed by atoms with Gasteiger partial charge in [-0.25, -0.2) is 4.79 Å². The predicted octanol–water partition coefficient (Wildman–Crippen LogP) is 0.166. The van der Waals surface area contributed by atoms with Crippen LogP contribution in [0.3, 0.4) is 0 Å². The predicted molar refractivity (Wildman–Crippen MR) is 32.4 cm³/mol. The van der Waals surface area contributed by atoms with E-state index in [2.05, 4.69) is 14.7 Å². The average molecular weight is 158 g/mol. The van der Waals surface area contributed by atoms with E-state index in [1.54, 1.807) is 6.92 Å². The summed E-state index contributed by atoms with van der Waals surface area (Å²) in [6.07, 6.45) is 0. The molecule has 1 aromatic heterocycles. The van der Waals surface area contributed by atoms with Gasteiger partial charge in [0, 0.05) is 0 Å². The average Bonchev–Trinajstić information content (AvgIpc) is 2.37. The summed E-state index contributed by atoms with van der Waals surface area (Å²) in [6, 6.07) is -0.0510. The topological polar surface area (TPSA) is 85.5 Å². The highest BCUT2D eigenvalue weighted by atomic mass is 16.6. The normalized spacial score (nSPS) is 9.55. The molecule has 6 nitrogen and oxygen atoms in total. The zero-order chi connectivity index (χ0) is 8.27. The maximum atomic E-state index is 10.2. The van der Waals surface area contributed by atoms with Crippen LogP contribution in [0.1, 0.15) is 17.6 Å². The number of rotatable bonds is 3. The molecule has 0 aromatic carbocycles. The molecule has 1 rings (SSSR count). The zero-order valence-corrected chi connectivity index (χ0v) is 5.77. The molecule has 0 fully saturated rings. The molecule has 11 heavy (non-hydrogen) atoms. The molecule has 6 heteroatoms. The first kappa shape index (κ1) is 7.52. The molecule has 0 radical (unpaired) electrons. The molecule has 1 heterocycles. The third-order valence-corrected chi connectivity index (χ3v) is 0.864. The SMILES string of the molecule is CCOc1noc(C(=O)O)n1. The lowest BCUT2D eigenvalue weighted by atomic mass is 10.7. The van der Waals surface area contributed by atoms with Gasteiger partial charge < -0.3 is 14.4 Å². The number of nitrogens with zero attached hydrogens (tertiary/aromatic N) is 2. The lowest BCUT2D eigenvalue weighted by Gasteiger charge is -1.89. The number of ether oxygens (including phenoxy) is 1. The van der Waals surface area contributed by atoms with Crippen molar-refractivity contribution in [2.75, 3.05) is 6.61 Å². The van der Waals surface area contributed by atoms with Gasteiger partial charge in [-0.1, -0.05) is 0 Å². The van der Waals surface area contributed by atoms with Gasteiger partial charge in [-0.2, -0.15) is 0 Å². The Morgan fingerprint density at radius 2 is 2.55 bits per heavy atom. The Labute approximate surface area is 61.8 Å². The number of carbonyl (C=O) groups is 1. The van der Waals surface area contributed by atoms with Crippen molar-refractivity contribution in [1.29, 1.82) is 0 Å². The summed E-state index contributed by atoms with van der Waals surface area (Å²) in [5.41, 5.74) is 0. The number of hydrogen-bond donors (Lipinski definition) is 1. The molecule has 1 aromatic rings. The van der Waals surface area contributed by atoms with Crippen molar-refractivity contribution in [2.45, 2.75) is 6.92 Å². The van der Waals surface area contributed by atoms with Crippen LogP contribution in [0.2, 0.25) is 0 Å². The van der Waals surface area contributed by atoms with Gasteiger partial charge in [0.15, 0.2) is 0 Å². The van der Waals surface area contributed by atoms with E-state index in [-0.39, 0.29) is 6.01 Å². The largest absolute Gasteiger partial charge is 0.474 e. The summed E-state index contributed by atoms with van der Waals surface area (Å²) in [5, 5.41) is 11.6. The second-order valence-electron chi connectivity index (χ2n) is 1.62. The fraction of sp³-hybridized carbons (Fsp3) is 0.400. The van der Waals surface area contributed by atoms with E-state index >= 15 is 0 Å². The molecule has 0 unspecified atom stereocenters. The molecule has 0 atom stereocenters. The van der Waals surface area contributed by atoms with Crippen LogP contribution < -0.4 is 4.74 Å². The fourth-order valence-corrected chi connectivity index (χ4v) is 0.485. The second kappa shape index (κ2) is 3.00. The number of carboxylic acid groups (broad SMARTS) is 1. The van der Waals surface area contributed by atoms with Crippen molar-refractivity contribution in [3.05, 3.63) is 5.89 Å². The number of carboxylic acids is 1. The second-order valence-corrected chi connectivity index (χ2v) is 1.62. The molecule has 0 saturated carbocycles. The third-order valence-electron chi connectivity index (χ3n) is 0.864. The molecule has 0 amide bonds. The first-order valence-corrected chi connectivity index (χ1v) is 2.94. The Kier molecular flexibility index (Phi) is 2.05. The van der Waals surface area contributed by atoms with E-state index in [1.165, 1.54) is 0 Å². The van der Waals surface area contributed by atoms with Gasteiger partial charge in [-0.05, 0) is 12.1 Å². The fourth-order valence-electron chi connectivity index (χ4n) is 0.485. The van der Waals surface area contributed by atoms with Crippen LogP contribution in [-0.2, 0) is 0 Å². The Balaban J connectivity index is 2.73. The molecule has 0 bridgehead atoms. The number of aromatic carboxylic acids is 1.